The normalized spacial score (nSPS) is 17.9. The number of phosphoric acid groups is 1. The molecule has 0 aliphatic heterocycles. The molecule has 0 bridgehead atoms. The molecule has 0 amide bonds. The van der Waals surface area contributed by atoms with E-state index in [0.717, 1.165) is 0 Å². The van der Waals surface area contributed by atoms with Crippen LogP contribution in [0.1, 0.15) is 0 Å². The van der Waals surface area contributed by atoms with E-state index < -0.39 is 21.4 Å². The molecule has 60 valence electrons. The summed E-state index contributed by atoms with van der Waals surface area (Å²) in [4.78, 5) is 33.4. The van der Waals surface area contributed by atoms with Crippen molar-refractivity contribution in [3.8, 4) is 0 Å². The van der Waals surface area contributed by atoms with Crippen molar-refractivity contribution < 1.29 is 32.9 Å². The average molecular weight is 190 g/mol. The summed E-state index contributed by atoms with van der Waals surface area (Å²) in [6.07, 6.45) is 0. The number of carbonyl (C=O) groups is 1. The van der Waals surface area contributed by atoms with Crippen LogP contribution < -0.4 is 0 Å². The Kier molecular flexibility index (Phi) is 2.91. The summed E-state index contributed by atoms with van der Waals surface area (Å²) in [7, 11) is -9.79. The van der Waals surface area contributed by atoms with Gasteiger partial charge in [-0.2, -0.15) is 0 Å². The molecule has 1 unspecified atom stereocenters. The van der Waals surface area contributed by atoms with Crippen LogP contribution in [0, 0.1) is 0 Å². The van der Waals surface area contributed by atoms with Crippen molar-refractivity contribution >= 4 is 21.4 Å². The van der Waals surface area contributed by atoms with Gasteiger partial charge in [-0.15, -0.1) is 0 Å². The molecule has 0 fully saturated rings. The molecule has 0 heterocycles. The summed E-state index contributed by atoms with van der Waals surface area (Å²) < 4.78 is 23.0. The first-order valence-corrected chi connectivity index (χ1v) is 5.00. The van der Waals surface area contributed by atoms with Crippen molar-refractivity contribution in [2.24, 2.45) is 0 Å². The van der Waals surface area contributed by atoms with Gasteiger partial charge in [0.05, 0.1) is 0 Å². The minimum atomic E-state index is -5.05. The SMILES string of the molecule is O=CP(=O)(O)OP(=O)(O)O. The standard InChI is InChI=1S/CH4O7P2/c2-1-9(3,4)8-10(5,6)7/h1H,(H,3,4)(H2,5,6,7). The zero-order valence-corrected chi connectivity index (χ0v) is 6.24. The molecule has 0 spiro atoms. The molecule has 0 aromatic carbocycles. The Morgan fingerprint density at radius 2 is 1.60 bits per heavy atom. The summed E-state index contributed by atoms with van der Waals surface area (Å²) in [5.41, 5.74) is 0. The fourth-order valence-electron chi connectivity index (χ4n) is 0.172. The van der Waals surface area contributed by atoms with Gasteiger partial charge in [-0.3, -0.25) is 9.36 Å². The fourth-order valence-corrected chi connectivity index (χ4v) is 1.54. The zero-order chi connectivity index (χ0) is 8.41. The predicted octanol–water partition coefficient (Wildman–Crippen LogP) is -0.529. The van der Waals surface area contributed by atoms with Crippen molar-refractivity contribution in [2.45, 2.75) is 0 Å². The van der Waals surface area contributed by atoms with Crippen LogP contribution >= 0.6 is 15.4 Å². The minimum absolute atomic E-state index is 0.563. The van der Waals surface area contributed by atoms with E-state index in [9.17, 15) is 13.9 Å². The molecule has 10 heavy (non-hydrogen) atoms. The highest BCUT2D eigenvalue weighted by Gasteiger charge is 2.29. The van der Waals surface area contributed by atoms with Gasteiger partial charge >= 0.3 is 15.4 Å². The van der Waals surface area contributed by atoms with Gasteiger partial charge in [-0.25, -0.2) is 8.88 Å². The van der Waals surface area contributed by atoms with E-state index in [1.165, 1.54) is 0 Å². The van der Waals surface area contributed by atoms with Crippen LogP contribution in [0.3, 0.4) is 0 Å². The maximum atomic E-state index is 10.1. The zero-order valence-electron chi connectivity index (χ0n) is 4.45. The lowest BCUT2D eigenvalue weighted by Gasteiger charge is -2.04. The molecule has 0 saturated heterocycles. The minimum Gasteiger partial charge on any atom is -0.319 e. The van der Waals surface area contributed by atoms with Crippen LogP contribution in [-0.4, -0.2) is 20.7 Å². The second-order valence-electron chi connectivity index (χ2n) is 1.24. The Labute approximate surface area is 55.4 Å². The first-order valence-electron chi connectivity index (χ1n) is 1.82. The first-order chi connectivity index (χ1) is 4.27. The lowest BCUT2D eigenvalue weighted by Crippen LogP contribution is -1.87. The van der Waals surface area contributed by atoms with Crippen molar-refractivity contribution in [1.29, 1.82) is 0 Å². The largest absolute Gasteiger partial charge is 0.477 e. The van der Waals surface area contributed by atoms with Crippen molar-refractivity contribution in [1.82, 2.24) is 0 Å². The highest BCUT2D eigenvalue weighted by Crippen LogP contribution is 2.54. The van der Waals surface area contributed by atoms with Gasteiger partial charge < -0.3 is 14.7 Å². The van der Waals surface area contributed by atoms with Gasteiger partial charge in [0.15, 0.2) is 0 Å². The van der Waals surface area contributed by atoms with Crippen LogP contribution in [0.5, 0.6) is 0 Å². The second kappa shape index (κ2) is 2.92. The van der Waals surface area contributed by atoms with Gasteiger partial charge in [0.1, 0.15) is 0 Å². The summed E-state index contributed by atoms with van der Waals surface area (Å²) >= 11 is 0. The van der Waals surface area contributed by atoms with Gasteiger partial charge in [-0.05, 0) is 0 Å². The quantitative estimate of drug-likeness (QED) is 0.403. The van der Waals surface area contributed by atoms with Crippen LogP contribution in [0.25, 0.3) is 0 Å². The van der Waals surface area contributed by atoms with E-state index in [2.05, 4.69) is 4.31 Å². The molecule has 0 aromatic heterocycles. The maximum Gasteiger partial charge on any atom is 0.477 e. The van der Waals surface area contributed by atoms with Crippen molar-refractivity contribution in [3.05, 3.63) is 0 Å². The van der Waals surface area contributed by atoms with Gasteiger partial charge in [-0.1, -0.05) is 0 Å². The second-order valence-corrected chi connectivity index (χ2v) is 4.22. The van der Waals surface area contributed by atoms with E-state index in [-0.39, 0.29) is 0 Å². The van der Waals surface area contributed by atoms with Crippen LogP contribution in [0.2, 0.25) is 0 Å². The maximum absolute atomic E-state index is 10.1. The molecule has 0 rings (SSSR count). The van der Waals surface area contributed by atoms with Crippen LogP contribution in [0.15, 0.2) is 0 Å². The van der Waals surface area contributed by atoms with E-state index in [1.807, 2.05) is 0 Å². The number of rotatable bonds is 3. The monoisotopic (exact) mass is 190 g/mol. The van der Waals surface area contributed by atoms with Crippen molar-refractivity contribution in [2.75, 3.05) is 0 Å². The molecule has 0 aromatic rings. The Morgan fingerprint density at radius 3 is 1.70 bits per heavy atom. The highest BCUT2D eigenvalue weighted by atomic mass is 31.3. The lowest BCUT2D eigenvalue weighted by molar-refractivity contribution is 0.268. The molecule has 1 atom stereocenters. The van der Waals surface area contributed by atoms with E-state index in [4.69, 9.17) is 14.7 Å². The summed E-state index contributed by atoms with van der Waals surface area (Å²) in [6.45, 7) is 0. The van der Waals surface area contributed by atoms with Gasteiger partial charge in [0, 0.05) is 0 Å². The Hall–Kier alpha value is -0.0300. The van der Waals surface area contributed by atoms with E-state index in [0.29, 0.717) is 0 Å². The number of hydrogen-bond donors (Lipinski definition) is 3. The smallest absolute Gasteiger partial charge is 0.319 e. The summed E-state index contributed by atoms with van der Waals surface area (Å²) in [5.74, 6) is 0. The molecule has 0 aliphatic rings. The van der Waals surface area contributed by atoms with Gasteiger partial charge in [0.2, 0.25) is 6.03 Å². The molecular formula is CH4O7P2. The van der Waals surface area contributed by atoms with Crippen molar-refractivity contribution in [3.63, 3.8) is 0 Å². The molecule has 7 nitrogen and oxygen atoms in total. The molecule has 0 saturated carbocycles. The average Bonchev–Trinajstić information content (AvgIpc) is 1.60. The summed E-state index contributed by atoms with van der Waals surface area (Å²) in [6, 6.07) is -0.563. The van der Waals surface area contributed by atoms with Crippen LogP contribution in [-0.2, 0) is 18.2 Å². The first kappa shape index (κ1) is 9.97. The van der Waals surface area contributed by atoms with Crippen LogP contribution in [0.4, 0.5) is 0 Å². The molecule has 9 heteroatoms. The van der Waals surface area contributed by atoms with E-state index in [1.54, 1.807) is 0 Å². The molecule has 0 aliphatic carbocycles. The lowest BCUT2D eigenvalue weighted by atomic mass is 11.8. The fraction of sp³-hybridized carbons (Fsp3) is 0. The predicted molar refractivity (Wildman–Crippen MR) is 29.7 cm³/mol. The summed E-state index contributed by atoms with van der Waals surface area (Å²) in [5, 5.41) is 0. The molecular weight excluding hydrogens is 186 g/mol. The third kappa shape index (κ3) is 4.81. The molecule has 0 radical (unpaired) electrons. The third-order valence-electron chi connectivity index (χ3n) is 0.357. The Bertz CT molecular complexity index is 212. The number of carbonyl (C=O) groups excluding carboxylic acids is 1. The molecule has 3 N–H and O–H groups in total. The number of hydrogen-bond acceptors (Lipinski definition) is 4. The highest BCUT2D eigenvalue weighted by molar-refractivity contribution is 7.74. The van der Waals surface area contributed by atoms with E-state index >= 15 is 0 Å². The topological polar surface area (TPSA) is 121 Å². The third-order valence-corrected chi connectivity index (χ3v) is 2.41. The Morgan fingerprint density at radius 1 is 1.20 bits per heavy atom. The Balaban J connectivity index is 4.31. The van der Waals surface area contributed by atoms with Gasteiger partial charge in [0.25, 0.3) is 0 Å².